The molecule has 0 aliphatic heterocycles. The van der Waals surface area contributed by atoms with E-state index in [1.165, 1.54) is 5.56 Å². The lowest BCUT2D eigenvalue weighted by Gasteiger charge is -2.09. The third-order valence-electron chi connectivity index (χ3n) is 3.71. The van der Waals surface area contributed by atoms with Crippen molar-refractivity contribution in [3.63, 3.8) is 0 Å². The highest BCUT2D eigenvalue weighted by Crippen LogP contribution is 2.26. The molecule has 0 fully saturated rings. The maximum absolute atomic E-state index is 11.5. The van der Waals surface area contributed by atoms with Crippen molar-refractivity contribution < 1.29 is 9.90 Å². The molecule has 2 aromatic carbocycles. The van der Waals surface area contributed by atoms with Gasteiger partial charge in [-0.15, -0.1) is 0 Å². The molecule has 22 heavy (non-hydrogen) atoms. The first kappa shape index (κ1) is 16.0. The highest BCUT2D eigenvalue weighted by atomic mass is 16.4. The summed E-state index contributed by atoms with van der Waals surface area (Å²) in [5.74, 6) is -0.890. The van der Waals surface area contributed by atoms with Crippen molar-refractivity contribution in [1.29, 1.82) is 0 Å². The molecule has 2 rings (SSSR count). The number of carbonyl (C=O) groups is 1. The molecule has 0 unspecified atom stereocenters. The fraction of sp³-hybridized carbons (Fsp3) is 0.250. The molecule has 2 nitrogen and oxygen atoms in total. The summed E-state index contributed by atoms with van der Waals surface area (Å²) in [7, 11) is 0. The molecule has 0 heterocycles. The van der Waals surface area contributed by atoms with E-state index in [4.69, 9.17) is 0 Å². The summed E-state index contributed by atoms with van der Waals surface area (Å²) in [5, 5.41) is 9.41. The van der Waals surface area contributed by atoms with Gasteiger partial charge in [0.15, 0.2) is 0 Å². The molecule has 0 atom stereocenters. The largest absolute Gasteiger partial charge is 0.478 e. The molecule has 1 N–H and O–H groups in total. The van der Waals surface area contributed by atoms with Gasteiger partial charge in [0.25, 0.3) is 0 Å². The van der Waals surface area contributed by atoms with Crippen LogP contribution in [0.1, 0.15) is 48.2 Å². The number of aromatic carboxylic acids is 1. The van der Waals surface area contributed by atoms with Crippen LogP contribution >= 0.6 is 0 Å². The molecule has 0 aromatic heterocycles. The van der Waals surface area contributed by atoms with Gasteiger partial charge >= 0.3 is 5.97 Å². The fourth-order valence-corrected chi connectivity index (χ4v) is 2.40. The molecule has 2 aromatic rings. The summed E-state index contributed by atoms with van der Waals surface area (Å²) >= 11 is 0. The molecule has 0 aliphatic rings. The number of carboxylic acid groups (broad SMARTS) is 1. The molecule has 114 valence electrons. The Morgan fingerprint density at radius 3 is 2.41 bits per heavy atom. The minimum atomic E-state index is -0.890. The van der Waals surface area contributed by atoms with Crippen LogP contribution in [0.2, 0.25) is 0 Å². The maximum atomic E-state index is 11.5. The van der Waals surface area contributed by atoms with Gasteiger partial charge in [-0.1, -0.05) is 62.8 Å². The Morgan fingerprint density at radius 1 is 1.09 bits per heavy atom. The molecular weight excluding hydrogens is 272 g/mol. The van der Waals surface area contributed by atoms with E-state index in [-0.39, 0.29) is 0 Å². The van der Waals surface area contributed by atoms with Crippen LogP contribution in [-0.2, 0) is 6.42 Å². The second-order valence-electron chi connectivity index (χ2n) is 5.35. The van der Waals surface area contributed by atoms with Crippen LogP contribution in [-0.4, -0.2) is 11.1 Å². The van der Waals surface area contributed by atoms with Crippen LogP contribution in [0, 0.1) is 0 Å². The van der Waals surface area contributed by atoms with E-state index in [0.717, 1.165) is 36.0 Å². The standard InChI is InChI=1S/C20H22O2/c1-3-5-6-7-16-10-13-18(20(21)22)19(14-16)17-11-8-15(4-2)9-12-17/h6-14H,3-5H2,1-2H3,(H,21,22). The van der Waals surface area contributed by atoms with Crippen molar-refractivity contribution in [3.8, 4) is 11.1 Å². The molecular formula is C20H22O2. The zero-order chi connectivity index (χ0) is 15.9. The van der Waals surface area contributed by atoms with Crippen molar-refractivity contribution in [2.75, 3.05) is 0 Å². The van der Waals surface area contributed by atoms with E-state index >= 15 is 0 Å². The van der Waals surface area contributed by atoms with Crippen LogP contribution < -0.4 is 0 Å². The van der Waals surface area contributed by atoms with Crippen LogP contribution in [0.15, 0.2) is 48.5 Å². The first-order valence-electron chi connectivity index (χ1n) is 7.79. The first-order chi connectivity index (χ1) is 10.7. The Bertz CT molecular complexity index is 667. The molecule has 0 bridgehead atoms. The zero-order valence-electron chi connectivity index (χ0n) is 13.2. The molecule has 0 aliphatic carbocycles. The van der Waals surface area contributed by atoms with Gasteiger partial charge in [-0.2, -0.15) is 0 Å². The van der Waals surface area contributed by atoms with Gasteiger partial charge in [0.1, 0.15) is 0 Å². The summed E-state index contributed by atoms with van der Waals surface area (Å²) < 4.78 is 0. The molecule has 0 saturated carbocycles. The van der Waals surface area contributed by atoms with Gasteiger partial charge in [0, 0.05) is 0 Å². The van der Waals surface area contributed by atoms with Gasteiger partial charge in [-0.25, -0.2) is 4.79 Å². The quantitative estimate of drug-likeness (QED) is 0.771. The summed E-state index contributed by atoms with van der Waals surface area (Å²) in [5.41, 5.74) is 4.35. The van der Waals surface area contributed by atoms with Crippen molar-refractivity contribution >= 4 is 12.0 Å². The van der Waals surface area contributed by atoms with Crippen LogP contribution in [0.4, 0.5) is 0 Å². The summed E-state index contributed by atoms with van der Waals surface area (Å²) in [6, 6.07) is 13.6. The molecule has 0 spiro atoms. The second kappa shape index (κ2) is 7.60. The summed E-state index contributed by atoms with van der Waals surface area (Å²) in [6.45, 7) is 4.25. The lowest BCUT2D eigenvalue weighted by Crippen LogP contribution is -2.00. The topological polar surface area (TPSA) is 37.3 Å². The maximum Gasteiger partial charge on any atom is 0.336 e. The molecule has 0 amide bonds. The van der Waals surface area contributed by atoms with Crippen molar-refractivity contribution in [1.82, 2.24) is 0 Å². The number of hydrogen-bond acceptors (Lipinski definition) is 1. The summed E-state index contributed by atoms with van der Waals surface area (Å²) in [4.78, 5) is 11.5. The Balaban J connectivity index is 2.44. The number of benzene rings is 2. The Labute approximate surface area is 132 Å². The summed E-state index contributed by atoms with van der Waals surface area (Å²) in [6.07, 6.45) is 7.29. The third-order valence-corrected chi connectivity index (χ3v) is 3.71. The van der Waals surface area contributed by atoms with E-state index in [1.54, 1.807) is 6.07 Å². The van der Waals surface area contributed by atoms with Gasteiger partial charge in [-0.3, -0.25) is 0 Å². The zero-order valence-corrected chi connectivity index (χ0v) is 13.2. The van der Waals surface area contributed by atoms with E-state index in [0.29, 0.717) is 5.56 Å². The van der Waals surface area contributed by atoms with E-state index < -0.39 is 5.97 Å². The van der Waals surface area contributed by atoms with Crippen LogP contribution in [0.25, 0.3) is 17.2 Å². The average molecular weight is 294 g/mol. The molecule has 0 radical (unpaired) electrons. The average Bonchev–Trinajstić information content (AvgIpc) is 2.55. The Kier molecular flexibility index (Phi) is 5.54. The highest BCUT2D eigenvalue weighted by Gasteiger charge is 2.12. The molecule has 0 saturated heterocycles. The normalized spacial score (nSPS) is 11.0. The first-order valence-corrected chi connectivity index (χ1v) is 7.79. The Morgan fingerprint density at radius 2 is 1.82 bits per heavy atom. The second-order valence-corrected chi connectivity index (χ2v) is 5.35. The molecule has 2 heteroatoms. The van der Waals surface area contributed by atoms with E-state index in [2.05, 4.69) is 38.1 Å². The van der Waals surface area contributed by atoms with E-state index in [9.17, 15) is 9.90 Å². The van der Waals surface area contributed by atoms with Crippen LogP contribution in [0.5, 0.6) is 0 Å². The van der Waals surface area contributed by atoms with Gasteiger partial charge in [-0.05, 0) is 47.2 Å². The number of hydrogen-bond donors (Lipinski definition) is 1. The predicted molar refractivity (Wildman–Crippen MR) is 92.2 cm³/mol. The number of rotatable bonds is 6. The lowest BCUT2D eigenvalue weighted by atomic mass is 9.96. The number of aryl methyl sites for hydroxylation is 1. The van der Waals surface area contributed by atoms with Crippen molar-refractivity contribution in [2.45, 2.75) is 33.1 Å². The Hall–Kier alpha value is -2.35. The SMILES string of the molecule is CCCC=Cc1ccc(C(=O)O)c(-c2ccc(CC)cc2)c1. The monoisotopic (exact) mass is 294 g/mol. The smallest absolute Gasteiger partial charge is 0.336 e. The van der Waals surface area contributed by atoms with Crippen molar-refractivity contribution in [3.05, 3.63) is 65.2 Å². The number of carboxylic acids is 1. The minimum Gasteiger partial charge on any atom is -0.478 e. The van der Waals surface area contributed by atoms with E-state index in [1.807, 2.05) is 24.3 Å². The number of allylic oxidation sites excluding steroid dienone is 1. The van der Waals surface area contributed by atoms with Crippen LogP contribution in [0.3, 0.4) is 0 Å². The highest BCUT2D eigenvalue weighted by molar-refractivity contribution is 5.96. The van der Waals surface area contributed by atoms with Gasteiger partial charge in [0.2, 0.25) is 0 Å². The van der Waals surface area contributed by atoms with Crippen molar-refractivity contribution in [2.24, 2.45) is 0 Å². The van der Waals surface area contributed by atoms with Gasteiger partial charge < -0.3 is 5.11 Å². The minimum absolute atomic E-state index is 0.344. The third kappa shape index (κ3) is 3.85. The number of unbranched alkanes of at least 4 members (excludes halogenated alkanes) is 1. The fourth-order valence-electron chi connectivity index (χ4n) is 2.40. The van der Waals surface area contributed by atoms with Gasteiger partial charge in [0.05, 0.1) is 5.56 Å². The lowest BCUT2D eigenvalue weighted by molar-refractivity contribution is 0.0697. The predicted octanol–water partition coefficient (Wildman–Crippen LogP) is 5.43.